The van der Waals surface area contributed by atoms with Crippen molar-refractivity contribution in [1.82, 2.24) is 9.55 Å². The van der Waals surface area contributed by atoms with Crippen molar-refractivity contribution < 1.29 is 0 Å². The molecule has 90 valence electrons. The van der Waals surface area contributed by atoms with Crippen molar-refractivity contribution >= 4 is 15.9 Å². The predicted molar refractivity (Wildman–Crippen MR) is 72.8 cm³/mol. The Bertz CT molecular complexity index is 531. The molecular formula is C13H16BrN3. The third kappa shape index (κ3) is 2.42. The van der Waals surface area contributed by atoms with E-state index in [2.05, 4.69) is 44.5 Å². The highest BCUT2D eigenvalue weighted by Crippen LogP contribution is 2.21. The Morgan fingerprint density at radius 2 is 2.06 bits per heavy atom. The number of nitrogens with zero attached hydrogens (tertiary/aromatic N) is 2. The maximum Gasteiger partial charge on any atom is 0.122 e. The fraction of sp³-hybridized carbons (Fsp3) is 0.308. The van der Waals surface area contributed by atoms with Crippen LogP contribution in [0.25, 0.3) is 0 Å². The van der Waals surface area contributed by atoms with Gasteiger partial charge in [-0.25, -0.2) is 4.98 Å². The summed E-state index contributed by atoms with van der Waals surface area (Å²) >= 11 is 3.56. The molecule has 0 aliphatic heterocycles. The Morgan fingerprint density at radius 3 is 2.65 bits per heavy atom. The van der Waals surface area contributed by atoms with Gasteiger partial charge in [0.2, 0.25) is 0 Å². The van der Waals surface area contributed by atoms with Crippen molar-refractivity contribution in [2.24, 2.45) is 12.8 Å². The van der Waals surface area contributed by atoms with E-state index in [1.165, 1.54) is 11.3 Å². The Hall–Kier alpha value is -1.13. The average molecular weight is 294 g/mol. The van der Waals surface area contributed by atoms with E-state index in [0.717, 1.165) is 22.4 Å². The Kier molecular flexibility index (Phi) is 3.64. The van der Waals surface area contributed by atoms with Gasteiger partial charge in [0.05, 0.1) is 12.2 Å². The minimum Gasteiger partial charge on any atom is -0.334 e. The number of rotatable bonds is 3. The molecule has 2 aromatic rings. The molecule has 0 saturated carbocycles. The fourth-order valence-corrected chi connectivity index (χ4v) is 2.30. The highest BCUT2D eigenvalue weighted by molar-refractivity contribution is 9.10. The van der Waals surface area contributed by atoms with Crippen LogP contribution in [0, 0.1) is 6.92 Å². The molecule has 1 aromatic carbocycles. The second kappa shape index (κ2) is 5.02. The number of imidazole rings is 1. The Balaban J connectivity index is 2.34. The minimum atomic E-state index is 0.479. The first-order valence-corrected chi connectivity index (χ1v) is 6.37. The summed E-state index contributed by atoms with van der Waals surface area (Å²) in [4.78, 5) is 4.58. The maximum atomic E-state index is 5.66. The molecule has 0 aliphatic carbocycles. The lowest BCUT2D eigenvalue weighted by atomic mass is 10.1. The summed E-state index contributed by atoms with van der Waals surface area (Å²) in [5, 5.41) is 0. The van der Waals surface area contributed by atoms with Gasteiger partial charge in [0.1, 0.15) is 5.82 Å². The molecular weight excluding hydrogens is 278 g/mol. The van der Waals surface area contributed by atoms with Crippen LogP contribution in [-0.4, -0.2) is 9.55 Å². The van der Waals surface area contributed by atoms with E-state index in [-0.39, 0.29) is 0 Å². The fourth-order valence-electron chi connectivity index (χ4n) is 1.87. The lowest BCUT2D eigenvalue weighted by Crippen LogP contribution is -2.05. The molecule has 17 heavy (non-hydrogen) atoms. The highest BCUT2D eigenvalue weighted by atomic mass is 79.9. The Morgan fingerprint density at radius 1 is 1.35 bits per heavy atom. The van der Waals surface area contributed by atoms with E-state index >= 15 is 0 Å². The van der Waals surface area contributed by atoms with Gasteiger partial charge in [0.25, 0.3) is 0 Å². The number of halogens is 1. The molecule has 0 amide bonds. The average Bonchev–Trinajstić information content (AvgIpc) is 2.60. The van der Waals surface area contributed by atoms with Gasteiger partial charge in [-0.15, -0.1) is 0 Å². The zero-order chi connectivity index (χ0) is 12.4. The summed E-state index contributed by atoms with van der Waals surface area (Å²) < 4.78 is 3.19. The standard InChI is InChI=1S/C13H16BrN3/c1-9-12(16-13(8-15)17(9)2)7-10-5-3-4-6-11(10)14/h3-6H,7-8,15H2,1-2H3. The number of nitrogens with two attached hydrogens (primary N) is 1. The largest absolute Gasteiger partial charge is 0.334 e. The summed E-state index contributed by atoms with van der Waals surface area (Å²) in [5.41, 5.74) is 9.19. The van der Waals surface area contributed by atoms with Gasteiger partial charge in [0.15, 0.2) is 0 Å². The lowest BCUT2D eigenvalue weighted by Gasteiger charge is -2.03. The van der Waals surface area contributed by atoms with Gasteiger partial charge in [0, 0.05) is 23.6 Å². The van der Waals surface area contributed by atoms with Gasteiger partial charge < -0.3 is 10.3 Å². The molecule has 0 aliphatic rings. The molecule has 0 fully saturated rings. The summed E-state index contributed by atoms with van der Waals surface area (Å²) in [7, 11) is 2.01. The van der Waals surface area contributed by atoms with Crippen LogP contribution in [-0.2, 0) is 20.0 Å². The van der Waals surface area contributed by atoms with Crippen LogP contribution in [0.5, 0.6) is 0 Å². The zero-order valence-corrected chi connectivity index (χ0v) is 11.7. The summed E-state index contributed by atoms with van der Waals surface area (Å²) in [5.74, 6) is 0.935. The quantitative estimate of drug-likeness (QED) is 0.945. The zero-order valence-electron chi connectivity index (χ0n) is 10.1. The van der Waals surface area contributed by atoms with Crippen LogP contribution in [0.4, 0.5) is 0 Å². The van der Waals surface area contributed by atoms with Crippen LogP contribution < -0.4 is 5.73 Å². The van der Waals surface area contributed by atoms with E-state index in [0.29, 0.717) is 6.54 Å². The van der Waals surface area contributed by atoms with E-state index in [1.54, 1.807) is 0 Å². The first-order valence-electron chi connectivity index (χ1n) is 5.58. The van der Waals surface area contributed by atoms with Crippen molar-refractivity contribution in [2.45, 2.75) is 19.9 Å². The summed E-state index contributed by atoms with van der Waals surface area (Å²) in [6, 6.07) is 8.23. The van der Waals surface area contributed by atoms with Gasteiger partial charge in [-0.05, 0) is 18.6 Å². The first-order chi connectivity index (χ1) is 8.13. The first kappa shape index (κ1) is 12.3. The molecule has 2 rings (SSSR count). The van der Waals surface area contributed by atoms with Crippen LogP contribution in [0.2, 0.25) is 0 Å². The highest BCUT2D eigenvalue weighted by Gasteiger charge is 2.11. The Labute approximate surface area is 110 Å². The molecule has 0 unspecified atom stereocenters. The molecule has 0 atom stereocenters. The molecule has 3 nitrogen and oxygen atoms in total. The number of hydrogen-bond donors (Lipinski definition) is 1. The molecule has 0 bridgehead atoms. The topological polar surface area (TPSA) is 43.8 Å². The van der Waals surface area contributed by atoms with Crippen LogP contribution in [0.3, 0.4) is 0 Å². The predicted octanol–water partition coefficient (Wildman–Crippen LogP) is 2.54. The van der Waals surface area contributed by atoms with Gasteiger partial charge in [-0.2, -0.15) is 0 Å². The smallest absolute Gasteiger partial charge is 0.122 e. The SMILES string of the molecule is Cc1c(Cc2ccccc2Br)nc(CN)n1C. The van der Waals surface area contributed by atoms with Gasteiger partial charge >= 0.3 is 0 Å². The molecule has 2 N–H and O–H groups in total. The van der Waals surface area contributed by atoms with Crippen molar-refractivity contribution in [3.05, 3.63) is 51.5 Å². The van der Waals surface area contributed by atoms with Crippen molar-refractivity contribution in [3.63, 3.8) is 0 Å². The number of aromatic nitrogens is 2. The molecule has 1 aromatic heterocycles. The molecule has 0 spiro atoms. The molecule has 1 heterocycles. The third-order valence-corrected chi connectivity index (χ3v) is 3.84. The summed E-state index contributed by atoms with van der Waals surface area (Å²) in [6.45, 7) is 2.56. The van der Waals surface area contributed by atoms with Gasteiger partial charge in [-0.1, -0.05) is 34.1 Å². The van der Waals surface area contributed by atoms with Crippen LogP contribution >= 0.6 is 15.9 Å². The van der Waals surface area contributed by atoms with Crippen molar-refractivity contribution in [2.75, 3.05) is 0 Å². The van der Waals surface area contributed by atoms with Crippen molar-refractivity contribution in [3.8, 4) is 0 Å². The second-order valence-electron chi connectivity index (χ2n) is 4.09. The van der Waals surface area contributed by atoms with E-state index < -0.39 is 0 Å². The van der Waals surface area contributed by atoms with Gasteiger partial charge in [-0.3, -0.25) is 0 Å². The third-order valence-electron chi connectivity index (χ3n) is 3.07. The lowest BCUT2D eigenvalue weighted by molar-refractivity contribution is 0.774. The molecule has 0 radical (unpaired) electrons. The van der Waals surface area contributed by atoms with Crippen molar-refractivity contribution in [1.29, 1.82) is 0 Å². The van der Waals surface area contributed by atoms with Crippen LogP contribution in [0.1, 0.15) is 22.8 Å². The van der Waals surface area contributed by atoms with E-state index in [1.807, 2.05) is 19.2 Å². The number of benzene rings is 1. The summed E-state index contributed by atoms with van der Waals surface area (Å²) in [6.07, 6.45) is 0.834. The van der Waals surface area contributed by atoms with Crippen LogP contribution in [0.15, 0.2) is 28.7 Å². The molecule has 4 heteroatoms. The number of hydrogen-bond acceptors (Lipinski definition) is 2. The van der Waals surface area contributed by atoms with E-state index in [4.69, 9.17) is 5.73 Å². The van der Waals surface area contributed by atoms with E-state index in [9.17, 15) is 0 Å². The normalized spacial score (nSPS) is 10.8. The minimum absolute atomic E-state index is 0.479. The second-order valence-corrected chi connectivity index (χ2v) is 4.95. The molecule has 0 saturated heterocycles. The maximum absolute atomic E-state index is 5.66. The monoisotopic (exact) mass is 293 g/mol.